The van der Waals surface area contributed by atoms with Crippen molar-refractivity contribution >= 4 is 15.9 Å². The van der Waals surface area contributed by atoms with E-state index in [4.69, 9.17) is 0 Å². The molecule has 1 nitrogen and oxygen atoms in total. The summed E-state index contributed by atoms with van der Waals surface area (Å²) in [6.45, 7) is 8.74. The maximum Gasteiger partial charge on any atom is 0.0659 e. The minimum absolute atomic E-state index is 0.262. The van der Waals surface area contributed by atoms with Crippen molar-refractivity contribution in [2.24, 2.45) is 17.3 Å². The van der Waals surface area contributed by atoms with Crippen LogP contribution >= 0.6 is 15.9 Å². The highest BCUT2D eigenvalue weighted by atomic mass is 79.9. The molecule has 0 aliphatic heterocycles. The summed E-state index contributed by atoms with van der Waals surface area (Å²) < 4.78 is 0. The third kappa shape index (κ3) is 2.23. The topological polar surface area (TPSA) is 20.2 Å². The monoisotopic (exact) mass is 300 g/mol. The summed E-state index contributed by atoms with van der Waals surface area (Å²) in [6, 6.07) is 0. The second kappa shape index (κ2) is 4.38. The van der Waals surface area contributed by atoms with E-state index in [1.54, 1.807) is 0 Å². The van der Waals surface area contributed by atoms with E-state index in [9.17, 15) is 5.11 Å². The molecule has 0 bridgehead atoms. The Kier molecular flexibility index (Phi) is 3.51. The summed E-state index contributed by atoms with van der Waals surface area (Å²) in [4.78, 5) is 0.566. The number of aliphatic hydroxyl groups is 1. The SMILES string of the molecule is CC(C)=C[C@@H]1CC[C@@]2(C)[C@@H]1[C@](C)(O)CC[C@@H]2Br. The molecule has 0 heterocycles. The average molecular weight is 301 g/mol. The molecule has 2 saturated carbocycles. The predicted molar refractivity (Wildman–Crippen MR) is 76.3 cm³/mol. The first-order valence-electron chi connectivity index (χ1n) is 6.79. The minimum atomic E-state index is -0.494. The van der Waals surface area contributed by atoms with Crippen molar-refractivity contribution in [1.82, 2.24) is 0 Å². The van der Waals surface area contributed by atoms with Crippen LogP contribution in [0.15, 0.2) is 11.6 Å². The quantitative estimate of drug-likeness (QED) is 0.566. The molecular formula is C15H25BrO. The van der Waals surface area contributed by atoms with Crippen molar-refractivity contribution in [3.8, 4) is 0 Å². The zero-order valence-corrected chi connectivity index (χ0v) is 13.0. The van der Waals surface area contributed by atoms with Crippen LogP contribution < -0.4 is 0 Å². The summed E-state index contributed by atoms with van der Waals surface area (Å²) in [5.74, 6) is 0.961. The molecule has 0 saturated heterocycles. The number of rotatable bonds is 1. The number of alkyl halides is 1. The van der Waals surface area contributed by atoms with Gasteiger partial charge in [0.25, 0.3) is 0 Å². The molecule has 1 N–H and O–H groups in total. The Morgan fingerprint density at radius 3 is 2.47 bits per heavy atom. The average Bonchev–Trinajstić information content (AvgIpc) is 2.52. The van der Waals surface area contributed by atoms with E-state index in [1.807, 2.05) is 6.92 Å². The highest BCUT2D eigenvalue weighted by Gasteiger charge is 2.57. The molecule has 0 aromatic carbocycles. The van der Waals surface area contributed by atoms with Crippen molar-refractivity contribution in [3.63, 3.8) is 0 Å². The van der Waals surface area contributed by atoms with Gasteiger partial charge in [-0.1, -0.05) is 34.5 Å². The van der Waals surface area contributed by atoms with Crippen molar-refractivity contribution in [2.75, 3.05) is 0 Å². The van der Waals surface area contributed by atoms with Gasteiger partial charge < -0.3 is 5.11 Å². The van der Waals surface area contributed by atoms with Gasteiger partial charge in [-0.3, -0.25) is 0 Å². The molecule has 0 aromatic rings. The maximum absolute atomic E-state index is 10.8. The van der Waals surface area contributed by atoms with E-state index < -0.39 is 5.60 Å². The van der Waals surface area contributed by atoms with Crippen molar-refractivity contribution < 1.29 is 5.11 Å². The van der Waals surface area contributed by atoms with E-state index >= 15 is 0 Å². The fourth-order valence-electron chi connectivity index (χ4n) is 4.32. The van der Waals surface area contributed by atoms with Crippen LogP contribution in [0.3, 0.4) is 0 Å². The van der Waals surface area contributed by atoms with Gasteiger partial charge in [0, 0.05) is 10.7 Å². The van der Waals surface area contributed by atoms with Gasteiger partial charge in [0.05, 0.1) is 5.60 Å². The van der Waals surface area contributed by atoms with E-state index in [1.165, 1.54) is 18.4 Å². The van der Waals surface area contributed by atoms with Crippen molar-refractivity contribution in [3.05, 3.63) is 11.6 Å². The number of allylic oxidation sites excluding steroid dienone is 2. The molecule has 98 valence electrons. The lowest BCUT2D eigenvalue weighted by Crippen LogP contribution is -2.52. The maximum atomic E-state index is 10.8. The number of hydrogen-bond acceptors (Lipinski definition) is 1. The van der Waals surface area contributed by atoms with Crippen LogP contribution in [0.4, 0.5) is 0 Å². The molecule has 0 amide bonds. The summed E-state index contributed by atoms with van der Waals surface area (Å²) >= 11 is 3.86. The molecule has 0 spiro atoms. The van der Waals surface area contributed by atoms with Crippen LogP contribution in [-0.4, -0.2) is 15.5 Å². The molecule has 2 aliphatic carbocycles. The standard InChI is InChI=1S/C15H25BrO/c1-10(2)9-11-5-7-14(3)12(16)6-8-15(4,17)13(11)14/h9,11-13,17H,5-8H2,1-4H3/t11-,12-,13+,14+,15+/m0/s1. The fraction of sp³-hybridized carbons (Fsp3) is 0.867. The molecule has 17 heavy (non-hydrogen) atoms. The van der Waals surface area contributed by atoms with Crippen LogP contribution in [0.2, 0.25) is 0 Å². The van der Waals surface area contributed by atoms with Crippen LogP contribution in [0, 0.1) is 17.3 Å². The normalized spacial score (nSPS) is 49.9. The molecule has 0 unspecified atom stereocenters. The predicted octanol–water partition coefficient (Wildman–Crippen LogP) is 4.29. The van der Waals surface area contributed by atoms with Gasteiger partial charge in [0.15, 0.2) is 0 Å². The van der Waals surface area contributed by atoms with Gasteiger partial charge in [-0.15, -0.1) is 0 Å². The van der Waals surface area contributed by atoms with Crippen molar-refractivity contribution in [1.29, 1.82) is 0 Å². The van der Waals surface area contributed by atoms with Crippen LogP contribution in [0.5, 0.6) is 0 Å². The highest BCUT2D eigenvalue weighted by molar-refractivity contribution is 9.09. The van der Waals surface area contributed by atoms with Gasteiger partial charge >= 0.3 is 0 Å². The Morgan fingerprint density at radius 2 is 1.88 bits per heavy atom. The summed E-state index contributed by atoms with van der Waals surface area (Å²) in [6.07, 6.45) is 6.87. The summed E-state index contributed by atoms with van der Waals surface area (Å²) in [5.41, 5.74) is 1.15. The number of halogens is 1. The van der Waals surface area contributed by atoms with Gasteiger partial charge in [-0.05, 0) is 57.8 Å². The van der Waals surface area contributed by atoms with Crippen LogP contribution in [0.1, 0.15) is 53.4 Å². The largest absolute Gasteiger partial charge is 0.390 e. The van der Waals surface area contributed by atoms with Crippen LogP contribution in [-0.2, 0) is 0 Å². The van der Waals surface area contributed by atoms with E-state index in [0.29, 0.717) is 16.7 Å². The molecule has 2 aliphatic rings. The van der Waals surface area contributed by atoms with Gasteiger partial charge in [0.1, 0.15) is 0 Å². The van der Waals surface area contributed by atoms with Gasteiger partial charge in [-0.2, -0.15) is 0 Å². The van der Waals surface area contributed by atoms with E-state index in [0.717, 1.165) is 12.8 Å². The Morgan fingerprint density at radius 1 is 1.24 bits per heavy atom. The zero-order valence-electron chi connectivity index (χ0n) is 11.5. The van der Waals surface area contributed by atoms with E-state index in [-0.39, 0.29) is 5.41 Å². The van der Waals surface area contributed by atoms with Crippen molar-refractivity contribution in [2.45, 2.75) is 63.8 Å². The Bertz CT molecular complexity index is 330. The number of hydrogen-bond donors (Lipinski definition) is 1. The smallest absolute Gasteiger partial charge is 0.0659 e. The third-order valence-electron chi connectivity index (χ3n) is 4.99. The number of fused-ring (bicyclic) bond motifs is 1. The lowest BCUT2D eigenvalue weighted by molar-refractivity contribution is -0.0866. The Balaban J connectivity index is 2.35. The Hall–Kier alpha value is 0.180. The second-order valence-corrected chi connectivity index (χ2v) is 7.90. The molecule has 5 atom stereocenters. The van der Waals surface area contributed by atoms with Crippen LogP contribution in [0.25, 0.3) is 0 Å². The second-order valence-electron chi connectivity index (χ2n) is 6.79. The first-order chi connectivity index (χ1) is 7.77. The fourth-order valence-corrected chi connectivity index (χ4v) is 5.07. The third-order valence-corrected chi connectivity index (χ3v) is 6.50. The molecule has 2 fully saturated rings. The van der Waals surface area contributed by atoms with Gasteiger partial charge in [-0.25, -0.2) is 0 Å². The molecule has 0 aromatic heterocycles. The summed E-state index contributed by atoms with van der Waals surface area (Å²) in [5, 5.41) is 10.8. The minimum Gasteiger partial charge on any atom is -0.390 e. The first kappa shape index (κ1) is 13.6. The van der Waals surface area contributed by atoms with E-state index in [2.05, 4.69) is 42.8 Å². The molecule has 0 radical (unpaired) electrons. The highest BCUT2D eigenvalue weighted by Crippen LogP contribution is 2.60. The lowest BCUT2D eigenvalue weighted by atomic mass is 9.60. The molecular weight excluding hydrogens is 276 g/mol. The summed E-state index contributed by atoms with van der Waals surface area (Å²) in [7, 11) is 0. The molecule has 2 heteroatoms. The zero-order chi connectivity index (χ0) is 12.8. The van der Waals surface area contributed by atoms with Gasteiger partial charge in [0.2, 0.25) is 0 Å². The Labute approximate surface area is 114 Å². The lowest BCUT2D eigenvalue weighted by Gasteiger charge is -2.50. The molecule has 2 rings (SSSR count). The first-order valence-corrected chi connectivity index (χ1v) is 7.70.